The number of hydrogen-bond donors (Lipinski definition) is 1. The molecule has 0 fully saturated rings. The molecule has 1 aliphatic rings. The maximum atomic E-state index is 12.9. The zero-order chi connectivity index (χ0) is 17.2. The van der Waals surface area contributed by atoms with Crippen LogP contribution in [0.4, 0.5) is 5.69 Å². The highest BCUT2D eigenvalue weighted by Gasteiger charge is 2.32. The van der Waals surface area contributed by atoms with Crippen LogP contribution in [0.3, 0.4) is 0 Å². The number of para-hydroxylation sites is 2. The second-order valence-electron chi connectivity index (χ2n) is 6.14. The molecule has 5 nitrogen and oxygen atoms in total. The average molecular weight is 332 g/mol. The van der Waals surface area contributed by atoms with Gasteiger partial charge in [-0.05, 0) is 30.7 Å². The zero-order valence-electron chi connectivity index (χ0n) is 14.1. The molecular formula is C20H20N4O. The topological polar surface area (TPSA) is 50.2 Å². The second kappa shape index (κ2) is 6.43. The summed E-state index contributed by atoms with van der Waals surface area (Å²) in [6.45, 7) is 2.78. The Labute approximate surface area is 146 Å². The van der Waals surface area contributed by atoms with E-state index in [1.54, 1.807) is 0 Å². The van der Waals surface area contributed by atoms with Gasteiger partial charge >= 0.3 is 0 Å². The van der Waals surface area contributed by atoms with E-state index in [1.807, 2.05) is 76.6 Å². The molecule has 1 amide bonds. The first-order valence-electron chi connectivity index (χ1n) is 8.54. The van der Waals surface area contributed by atoms with E-state index in [9.17, 15) is 4.79 Å². The minimum atomic E-state index is -0.209. The third-order valence-electron chi connectivity index (χ3n) is 4.43. The van der Waals surface area contributed by atoms with Gasteiger partial charge in [0.2, 0.25) is 0 Å². The van der Waals surface area contributed by atoms with Crippen LogP contribution < -0.4 is 5.32 Å². The molecule has 25 heavy (non-hydrogen) atoms. The molecule has 3 aromatic rings. The molecular weight excluding hydrogens is 312 g/mol. The summed E-state index contributed by atoms with van der Waals surface area (Å²) in [4.78, 5) is 14.8. The summed E-state index contributed by atoms with van der Waals surface area (Å²) in [6, 6.07) is 17.6. The van der Waals surface area contributed by atoms with Crippen molar-refractivity contribution < 1.29 is 4.79 Å². The SMILES string of the molecule is CCCN1C(=O)c2ccccc2N[C@@H]1c1cnn(-c2ccccc2)c1. The van der Waals surface area contributed by atoms with Crippen molar-refractivity contribution >= 4 is 11.6 Å². The van der Waals surface area contributed by atoms with E-state index in [-0.39, 0.29) is 12.1 Å². The number of fused-ring (bicyclic) bond motifs is 1. The number of aromatic nitrogens is 2. The second-order valence-corrected chi connectivity index (χ2v) is 6.14. The number of nitrogens with zero attached hydrogens (tertiary/aromatic N) is 3. The Morgan fingerprint density at radius 2 is 1.84 bits per heavy atom. The van der Waals surface area contributed by atoms with Gasteiger partial charge in [0.25, 0.3) is 5.91 Å². The van der Waals surface area contributed by atoms with Crippen LogP contribution in [0.25, 0.3) is 5.69 Å². The van der Waals surface area contributed by atoms with Crippen molar-refractivity contribution in [3.05, 3.63) is 78.1 Å². The van der Waals surface area contributed by atoms with Gasteiger partial charge in [-0.2, -0.15) is 5.10 Å². The Morgan fingerprint density at radius 1 is 1.08 bits per heavy atom. The predicted octanol–water partition coefficient (Wildman–Crippen LogP) is 3.85. The Balaban J connectivity index is 1.71. The molecule has 0 bridgehead atoms. The molecule has 126 valence electrons. The van der Waals surface area contributed by atoms with Crippen molar-refractivity contribution in [3.63, 3.8) is 0 Å². The first-order valence-corrected chi connectivity index (χ1v) is 8.54. The van der Waals surface area contributed by atoms with Crippen LogP contribution in [-0.4, -0.2) is 27.1 Å². The van der Waals surface area contributed by atoms with Gasteiger partial charge in [0.05, 0.1) is 17.4 Å². The summed E-state index contributed by atoms with van der Waals surface area (Å²) in [5, 5.41) is 7.97. The Kier molecular flexibility index (Phi) is 3.98. The summed E-state index contributed by atoms with van der Waals surface area (Å²) in [5.74, 6) is 0.0636. The lowest BCUT2D eigenvalue weighted by Crippen LogP contribution is -2.43. The lowest BCUT2D eigenvalue weighted by molar-refractivity contribution is 0.0683. The van der Waals surface area contributed by atoms with Crippen molar-refractivity contribution in [2.75, 3.05) is 11.9 Å². The van der Waals surface area contributed by atoms with E-state index in [0.29, 0.717) is 6.54 Å². The van der Waals surface area contributed by atoms with E-state index >= 15 is 0 Å². The number of carbonyl (C=O) groups is 1. The van der Waals surface area contributed by atoms with Crippen LogP contribution in [0, 0.1) is 0 Å². The van der Waals surface area contributed by atoms with Crippen molar-refractivity contribution in [2.24, 2.45) is 0 Å². The minimum Gasteiger partial charge on any atom is -0.361 e. The predicted molar refractivity (Wildman–Crippen MR) is 97.7 cm³/mol. The molecule has 0 saturated heterocycles. The number of rotatable bonds is 4. The van der Waals surface area contributed by atoms with E-state index in [4.69, 9.17) is 0 Å². The van der Waals surface area contributed by atoms with Crippen LogP contribution in [-0.2, 0) is 0 Å². The lowest BCUT2D eigenvalue weighted by atomic mass is 10.1. The van der Waals surface area contributed by atoms with E-state index in [0.717, 1.165) is 28.9 Å². The number of benzene rings is 2. The largest absolute Gasteiger partial charge is 0.361 e. The number of anilines is 1. The molecule has 1 N–H and O–H groups in total. The molecule has 5 heteroatoms. The summed E-state index contributed by atoms with van der Waals surface area (Å²) >= 11 is 0. The lowest BCUT2D eigenvalue weighted by Gasteiger charge is -2.37. The summed E-state index contributed by atoms with van der Waals surface area (Å²) in [6.07, 6.45) is 4.50. The molecule has 2 aromatic carbocycles. The molecule has 0 radical (unpaired) electrons. The Morgan fingerprint density at radius 3 is 2.64 bits per heavy atom. The third kappa shape index (κ3) is 2.78. The van der Waals surface area contributed by atoms with Crippen LogP contribution in [0.15, 0.2) is 67.0 Å². The van der Waals surface area contributed by atoms with Gasteiger partial charge in [0, 0.05) is 24.0 Å². The van der Waals surface area contributed by atoms with E-state index in [1.165, 1.54) is 0 Å². The van der Waals surface area contributed by atoms with Gasteiger partial charge < -0.3 is 10.2 Å². The zero-order valence-corrected chi connectivity index (χ0v) is 14.1. The van der Waals surface area contributed by atoms with Gasteiger partial charge in [-0.25, -0.2) is 4.68 Å². The Bertz CT molecular complexity index is 887. The summed E-state index contributed by atoms with van der Waals surface area (Å²) in [7, 11) is 0. The Hall–Kier alpha value is -3.08. The highest BCUT2D eigenvalue weighted by atomic mass is 16.2. The normalized spacial score (nSPS) is 16.4. The van der Waals surface area contributed by atoms with Gasteiger partial charge in [-0.1, -0.05) is 37.3 Å². The fraction of sp³-hybridized carbons (Fsp3) is 0.200. The minimum absolute atomic E-state index is 0.0636. The van der Waals surface area contributed by atoms with Gasteiger partial charge in [-0.3, -0.25) is 4.79 Å². The number of nitrogens with one attached hydrogen (secondary N) is 1. The van der Waals surface area contributed by atoms with Crippen LogP contribution in [0.5, 0.6) is 0 Å². The van der Waals surface area contributed by atoms with Crippen LogP contribution in [0.1, 0.15) is 35.4 Å². The fourth-order valence-corrected chi connectivity index (χ4v) is 3.23. The van der Waals surface area contributed by atoms with Crippen molar-refractivity contribution in [1.82, 2.24) is 14.7 Å². The summed E-state index contributed by atoms with van der Waals surface area (Å²) in [5.41, 5.74) is 3.57. The molecule has 1 aromatic heterocycles. The fourth-order valence-electron chi connectivity index (χ4n) is 3.23. The molecule has 4 rings (SSSR count). The molecule has 1 atom stereocenters. The number of amides is 1. The van der Waals surface area contributed by atoms with Gasteiger partial charge in [0.1, 0.15) is 6.17 Å². The summed E-state index contributed by atoms with van der Waals surface area (Å²) < 4.78 is 1.84. The number of hydrogen-bond acceptors (Lipinski definition) is 3. The quantitative estimate of drug-likeness (QED) is 0.789. The van der Waals surface area contributed by atoms with Gasteiger partial charge in [-0.15, -0.1) is 0 Å². The highest BCUT2D eigenvalue weighted by molar-refractivity contribution is 6.01. The highest BCUT2D eigenvalue weighted by Crippen LogP contribution is 2.33. The maximum absolute atomic E-state index is 12.9. The van der Waals surface area contributed by atoms with Crippen LogP contribution >= 0.6 is 0 Å². The van der Waals surface area contributed by atoms with Crippen molar-refractivity contribution in [3.8, 4) is 5.69 Å². The smallest absolute Gasteiger partial charge is 0.257 e. The third-order valence-corrected chi connectivity index (χ3v) is 4.43. The standard InChI is InChI=1S/C20H20N4O/c1-2-12-23-19(22-18-11-7-6-10-17(18)20(23)25)15-13-21-24(14-15)16-8-4-3-5-9-16/h3-11,13-14,19,22H,2,12H2,1H3/t19-/m0/s1. The molecule has 1 aliphatic heterocycles. The van der Waals surface area contributed by atoms with Crippen molar-refractivity contribution in [1.29, 1.82) is 0 Å². The number of carbonyl (C=O) groups excluding carboxylic acids is 1. The molecule has 0 aliphatic carbocycles. The van der Waals surface area contributed by atoms with Crippen LogP contribution in [0.2, 0.25) is 0 Å². The first kappa shape index (κ1) is 15.4. The van der Waals surface area contributed by atoms with Crippen molar-refractivity contribution in [2.45, 2.75) is 19.5 Å². The van der Waals surface area contributed by atoms with E-state index in [2.05, 4.69) is 17.3 Å². The molecule has 2 heterocycles. The van der Waals surface area contributed by atoms with Gasteiger partial charge in [0.15, 0.2) is 0 Å². The average Bonchev–Trinajstić information content (AvgIpc) is 3.15. The monoisotopic (exact) mass is 332 g/mol. The molecule has 0 spiro atoms. The molecule has 0 saturated carbocycles. The maximum Gasteiger partial charge on any atom is 0.257 e. The first-order chi connectivity index (χ1) is 12.3. The van der Waals surface area contributed by atoms with E-state index < -0.39 is 0 Å². The molecule has 0 unspecified atom stereocenters.